The summed E-state index contributed by atoms with van der Waals surface area (Å²) in [5, 5.41) is 0. The number of aromatic amines is 1. The fourth-order valence-corrected chi connectivity index (χ4v) is 1.79. The molecule has 0 fully saturated rings. The van der Waals surface area contributed by atoms with Gasteiger partial charge in [-0.15, -0.1) is 0 Å². The van der Waals surface area contributed by atoms with E-state index in [-0.39, 0.29) is 17.3 Å². The molecule has 0 radical (unpaired) electrons. The molecule has 5 heteroatoms. The van der Waals surface area contributed by atoms with Crippen molar-refractivity contribution < 1.29 is 8.78 Å². The van der Waals surface area contributed by atoms with Gasteiger partial charge < -0.3 is 4.98 Å². The second-order valence-corrected chi connectivity index (χ2v) is 3.97. The van der Waals surface area contributed by atoms with Crippen LogP contribution in [-0.2, 0) is 0 Å². The minimum atomic E-state index is -2.52. The van der Waals surface area contributed by atoms with Crippen LogP contribution < -0.4 is 5.69 Å². The van der Waals surface area contributed by atoms with Crippen molar-refractivity contribution in [3.8, 4) is 0 Å². The normalized spacial score (nSPS) is 11.9. The summed E-state index contributed by atoms with van der Waals surface area (Å²) < 4.78 is 26.5. The quantitative estimate of drug-likeness (QED) is 0.840. The molecule has 0 amide bonds. The van der Waals surface area contributed by atoms with Gasteiger partial charge in [0.1, 0.15) is 0 Å². The average Bonchev–Trinajstić information content (AvgIpc) is 2.51. The Hall–Kier alpha value is -1.65. The van der Waals surface area contributed by atoms with E-state index in [1.54, 1.807) is 0 Å². The molecule has 1 heterocycles. The smallest absolute Gasteiger partial charge is 0.306 e. The maximum Gasteiger partial charge on any atom is 0.326 e. The Balaban J connectivity index is 2.75. The maximum absolute atomic E-state index is 12.5. The molecule has 1 aromatic heterocycles. The summed E-state index contributed by atoms with van der Waals surface area (Å²) in [7, 11) is 0. The molecule has 2 aromatic rings. The number of fused-ring (bicyclic) bond motifs is 1. The SMILES string of the molecule is CC(C)n1c(=O)[nH]c2ccc(C(F)F)cc21. The highest BCUT2D eigenvalue weighted by Gasteiger charge is 2.13. The topological polar surface area (TPSA) is 37.8 Å². The fourth-order valence-electron chi connectivity index (χ4n) is 1.79. The monoisotopic (exact) mass is 226 g/mol. The Bertz CT molecular complexity index is 569. The molecule has 1 N–H and O–H groups in total. The number of aromatic nitrogens is 2. The van der Waals surface area contributed by atoms with E-state index in [2.05, 4.69) is 4.98 Å². The van der Waals surface area contributed by atoms with E-state index in [1.165, 1.54) is 22.8 Å². The number of hydrogen-bond donors (Lipinski definition) is 1. The first-order chi connectivity index (χ1) is 7.50. The van der Waals surface area contributed by atoms with Crippen LogP contribution in [0.5, 0.6) is 0 Å². The highest BCUT2D eigenvalue weighted by atomic mass is 19.3. The first-order valence-electron chi connectivity index (χ1n) is 5.03. The Labute approximate surface area is 90.7 Å². The Morgan fingerprint density at radius 2 is 2.00 bits per heavy atom. The van der Waals surface area contributed by atoms with E-state index < -0.39 is 6.43 Å². The molecule has 86 valence electrons. The van der Waals surface area contributed by atoms with Crippen LogP contribution in [-0.4, -0.2) is 9.55 Å². The molecule has 0 atom stereocenters. The fraction of sp³-hybridized carbons (Fsp3) is 0.364. The summed E-state index contributed by atoms with van der Waals surface area (Å²) in [4.78, 5) is 14.2. The highest BCUT2D eigenvalue weighted by Crippen LogP contribution is 2.23. The van der Waals surface area contributed by atoms with Gasteiger partial charge in [0, 0.05) is 11.6 Å². The third-order valence-electron chi connectivity index (χ3n) is 2.51. The predicted octanol–water partition coefficient (Wildman–Crippen LogP) is 2.85. The maximum atomic E-state index is 12.5. The van der Waals surface area contributed by atoms with Gasteiger partial charge in [0.15, 0.2) is 0 Å². The number of halogens is 2. The summed E-state index contributed by atoms with van der Waals surface area (Å²) in [6, 6.07) is 4.14. The zero-order valence-electron chi connectivity index (χ0n) is 9.00. The number of hydrogen-bond acceptors (Lipinski definition) is 1. The second kappa shape index (κ2) is 3.73. The molecule has 2 rings (SSSR count). The molecule has 0 aliphatic heterocycles. The van der Waals surface area contributed by atoms with E-state index in [4.69, 9.17) is 0 Å². The van der Waals surface area contributed by atoms with E-state index in [9.17, 15) is 13.6 Å². The lowest BCUT2D eigenvalue weighted by Crippen LogP contribution is -2.18. The molecule has 0 spiro atoms. The summed E-state index contributed by atoms with van der Waals surface area (Å²) in [6.07, 6.45) is -2.52. The zero-order chi connectivity index (χ0) is 11.9. The largest absolute Gasteiger partial charge is 0.326 e. The van der Waals surface area contributed by atoms with Gasteiger partial charge in [-0.3, -0.25) is 4.57 Å². The van der Waals surface area contributed by atoms with Gasteiger partial charge >= 0.3 is 5.69 Å². The van der Waals surface area contributed by atoms with E-state index in [0.29, 0.717) is 11.0 Å². The van der Waals surface area contributed by atoms with Crippen molar-refractivity contribution in [1.29, 1.82) is 0 Å². The Kier molecular flexibility index (Phi) is 2.53. The van der Waals surface area contributed by atoms with E-state index in [0.717, 1.165) is 0 Å². The lowest BCUT2D eigenvalue weighted by molar-refractivity contribution is 0.151. The molecule has 0 unspecified atom stereocenters. The minimum Gasteiger partial charge on any atom is -0.306 e. The third-order valence-corrected chi connectivity index (χ3v) is 2.51. The van der Waals surface area contributed by atoms with Crippen molar-refractivity contribution in [2.75, 3.05) is 0 Å². The van der Waals surface area contributed by atoms with E-state index >= 15 is 0 Å². The van der Waals surface area contributed by atoms with Crippen LogP contribution in [0.1, 0.15) is 31.9 Å². The summed E-state index contributed by atoms with van der Waals surface area (Å²) >= 11 is 0. The lowest BCUT2D eigenvalue weighted by atomic mass is 10.2. The molecule has 0 saturated carbocycles. The van der Waals surface area contributed by atoms with Crippen LogP contribution in [0, 0.1) is 0 Å². The molecule has 0 bridgehead atoms. The number of nitrogens with one attached hydrogen (secondary N) is 1. The molecular formula is C11H12F2N2O. The first kappa shape index (κ1) is 10.9. The van der Waals surface area contributed by atoms with Gasteiger partial charge in [-0.1, -0.05) is 6.07 Å². The van der Waals surface area contributed by atoms with Crippen LogP contribution in [0.15, 0.2) is 23.0 Å². The van der Waals surface area contributed by atoms with Gasteiger partial charge in [-0.25, -0.2) is 13.6 Å². The first-order valence-corrected chi connectivity index (χ1v) is 5.03. The second-order valence-electron chi connectivity index (χ2n) is 3.97. The Morgan fingerprint density at radius 1 is 1.31 bits per heavy atom. The molecule has 16 heavy (non-hydrogen) atoms. The van der Waals surface area contributed by atoms with Crippen molar-refractivity contribution in [2.45, 2.75) is 26.3 Å². The number of imidazole rings is 1. The predicted molar refractivity (Wildman–Crippen MR) is 57.9 cm³/mol. The molecular weight excluding hydrogens is 214 g/mol. The van der Waals surface area contributed by atoms with Gasteiger partial charge in [0.25, 0.3) is 6.43 Å². The summed E-state index contributed by atoms with van der Waals surface area (Å²) in [5.41, 5.74) is 0.776. The molecule has 3 nitrogen and oxygen atoms in total. The van der Waals surface area contributed by atoms with Gasteiger partial charge in [-0.2, -0.15) is 0 Å². The average molecular weight is 226 g/mol. The van der Waals surface area contributed by atoms with Crippen molar-refractivity contribution in [2.24, 2.45) is 0 Å². The van der Waals surface area contributed by atoms with Gasteiger partial charge in [0.05, 0.1) is 11.0 Å². The van der Waals surface area contributed by atoms with Crippen LogP contribution in [0.2, 0.25) is 0 Å². The van der Waals surface area contributed by atoms with Crippen LogP contribution in [0.25, 0.3) is 11.0 Å². The number of benzene rings is 1. The van der Waals surface area contributed by atoms with E-state index in [1.807, 2.05) is 13.8 Å². The number of alkyl halides is 2. The van der Waals surface area contributed by atoms with Crippen molar-refractivity contribution in [1.82, 2.24) is 9.55 Å². The van der Waals surface area contributed by atoms with Crippen molar-refractivity contribution in [3.63, 3.8) is 0 Å². The summed E-state index contributed by atoms with van der Waals surface area (Å²) in [5.74, 6) is 0. The third kappa shape index (κ3) is 1.62. The van der Waals surface area contributed by atoms with Crippen LogP contribution in [0.4, 0.5) is 8.78 Å². The number of nitrogens with zero attached hydrogens (tertiary/aromatic N) is 1. The molecule has 0 aliphatic rings. The lowest BCUT2D eigenvalue weighted by Gasteiger charge is -2.07. The number of rotatable bonds is 2. The minimum absolute atomic E-state index is 0.0610. The van der Waals surface area contributed by atoms with Crippen LogP contribution in [0.3, 0.4) is 0 Å². The van der Waals surface area contributed by atoms with Crippen molar-refractivity contribution in [3.05, 3.63) is 34.2 Å². The summed E-state index contributed by atoms with van der Waals surface area (Å²) in [6.45, 7) is 3.67. The van der Waals surface area contributed by atoms with Crippen molar-refractivity contribution >= 4 is 11.0 Å². The van der Waals surface area contributed by atoms with Gasteiger partial charge in [-0.05, 0) is 26.0 Å². The Morgan fingerprint density at radius 3 is 2.56 bits per heavy atom. The standard InChI is InChI=1S/C11H12F2N2O/c1-6(2)15-9-5-7(10(12)13)3-4-8(9)14-11(15)16/h3-6,10H,1-2H3,(H,14,16). The molecule has 1 aromatic carbocycles. The molecule has 0 aliphatic carbocycles. The molecule has 0 saturated heterocycles. The van der Waals surface area contributed by atoms with Gasteiger partial charge in [0.2, 0.25) is 0 Å². The highest BCUT2D eigenvalue weighted by molar-refractivity contribution is 5.76. The zero-order valence-corrected chi connectivity index (χ0v) is 9.00. The van der Waals surface area contributed by atoms with Crippen LogP contribution >= 0.6 is 0 Å². The number of H-pyrrole nitrogens is 1.